The Bertz CT molecular complexity index is 2300. The first-order valence-corrected chi connectivity index (χ1v) is 30.3. The van der Waals surface area contributed by atoms with Crippen LogP contribution >= 0.6 is 0 Å². The molecule has 0 saturated carbocycles. The number of methoxy groups -OCH3 is 1. The highest BCUT2D eigenvalue weighted by atomic mass is 32.3. The standard InChI is InChI=1S/C64H101NO18S/c1-47(29-21-17-13-12-14-18-22-30-48(2)64(78)82-5)63(77)50(4)60(75)38-23-19-15-10-8-6-7-9-11-16-20-24-39-62(83-84(79,80)81)49(3)61(76)46-59(74)45-56(71)36-27-32-52(67)41-51(66)31-25-34-54(69)43-58(73)44-55(70)35-26-33-53(68)42-57(72)37-28-40-65/h6-12,14-16,18-23,25-27,29-31,35-36,38,47,49-60,62-63,66-75,77H,13,17,24,28,32-34,37,39-46,65H2,1-5H3,(H,79,80,81)/b7-6+,10-8+,11-9+,14-12+,19-15+,20-16+,22-18+,29-21+,31-25+,35-26+,36-27+,38-23+,48-30+. The lowest BCUT2D eigenvalue weighted by atomic mass is 9.88. The van der Waals surface area contributed by atoms with Crippen LogP contribution in [0.25, 0.3) is 0 Å². The molecule has 15 unspecified atom stereocenters. The predicted molar refractivity (Wildman–Crippen MR) is 329 cm³/mol. The minimum absolute atomic E-state index is 0.0323. The van der Waals surface area contributed by atoms with E-state index in [0.717, 1.165) is 12.8 Å². The molecule has 19 nitrogen and oxygen atoms in total. The van der Waals surface area contributed by atoms with Crippen molar-refractivity contribution in [2.75, 3.05) is 13.7 Å². The van der Waals surface area contributed by atoms with Crippen LogP contribution in [0, 0.1) is 17.8 Å². The van der Waals surface area contributed by atoms with E-state index in [-0.39, 0.29) is 76.1 Å². The number of aliphatic hydroxyl groups is 11. The highest BCUT2D eigenvalue weighted by Crippen LogP contribution is 2.22. The second-order valence-electron chi connectivity index (χ2n) is 21.0. The van der Waals surface area contributed by atoms with Gasteiger partial charge in [0.1, 0.15) is 5.78 Å². The molecule has 0 saturated heterocycles. The molecular weight excluding hydrogens is 1100 g/mol. The molecule has 0 aliphatic rings. The summed E-state index contributed by atoms with van der Waals surface area (Å²) in [6.45, 7) is 7.24. The summed E-state index contributed by atoms with van der Waals surface area (Å²) in [4.78, 5) is 24.4. The third-order valence-corrected chi connectivity index (χ3v) is 13.7. The van der Waals surface area contributed by atoms with Crippen LogP contribution in [0.5, 0.6) is 0 Å². The third kappa shape index (κ3) is 43.7. The number of rotatable bonds is 47. The number of unbranched alkanes of at least 4 members (excludes halogenated alkanes) is 1. The minimum atomic E-state index is -4.93. The zero-order chi connectivity index (χ0) is 63.3. The molecule has 0 amide bonds. The number of allylic oxidation sites excluding steroid dienone is 17. The lowest BCUT2D eigenvalue weighted by Crippen LogP contribution is -2.33. The van der Waals surface area contributed by atoms with Gasteiger partial charge < -0.3 is 66.6 Å². The zero-order valence-corrected chi connectivity index (χ0v) is 50.5. The van der Waals surface area contributed by atoms with Gasteiger partial charge in [0, 0.05) is 49.0 Å². The smallest absolute Gasteiger partial charge is 0.397 e. The van der Waals surface area contributed by atoms with Gasteiger partial charge in [-0.25, -0.2) is 8.98 Å². The van der Waals surface area contributed by atoms with Crippen molar-refractivity contribution in [1.29, 1.82) is 0 Å². The van der Waals surface area contributed by atoms with E-state index in [4.69, 9.17) is 9.92 Å². The molecule has 14 N–H and O–H groups in total. The number of aliphatic hydroxyl groups excluding tert-OH is 11. The van der Waals surface area contributed by atoms with Crippen molar-refractivity contribution >= 4 is 22.2 Å². The Morgan fingerprint density at radius 1 is 0.512 bits per heavy atom. The minimum Gasteiger partial charge on any atom is -0.466 e. The van der Waals surface area contributed by atoms with Gasteiger partial charge in [-0.1, -0.05) is 173 Å². The second-order valence-corrected chi connectivity index (χ2v) is 22.1. The number of carbonyl (C=O) groups excluding carboxylic acids is 2. The van der Waals surface area contributed by atoms with E-state index in [1.165, 1.54) is 44.4 Å². The Hall–Kier alpha value is -4.85. The van der Waals surface area contributed by atoms with Gasteiger partial charge in [-0.3, -0.25) is 9.35 Å². The molecular formula is C64H101NO18S. The van der Waals surface area contributed by atoms with Crippen molar-refractivity contribution < 1.29 is 87.7 Å². The van der Waals surface area contributed by atoms with E-state index in [9.17, 15) is 78.7 Å². The molecule has 476 valence electrons. The first-order valence-electron chi connectivity index (χ1n) is 28.9. The van der Waals surface area contributed by atoms with Crippen LogP contribution in [-0.2, 0) is 28.9 Å². The second kappa shape index (κ2) is 48.3. The van der Waals surface area contributed by atoms with Crippen LogP contribution in [0.1, 0.15) is 124 Å². The lowest BCUT2D eigenvalue weighted by molar-refractivity contribution is -0.136. The Kier molecular flexibility index (Phi) is 45.5. The van der Waals surface area contributed by atoms with Crippen LogP contribution in [-0.4, -0.2) is 168 Å². The summed E-state index contributed by atoms with van der Waals surface area (Å²) in [6, 6.07) is 0. The van der Waals surface area contributed by atoms with Crippen molar-refractivity contribution in [1.82, 2.24) is 0 Å². The number of Topliss-reactive ketones (excluding diaryl/α,β-unsaturated/α-hetero) is 1. The Balaban J connectivity index is 4.76. The largest absolute Gasteiger partial charge is 0.466 e. The van der Waals surface area contributed by atoms with Gasteiger partial charge >= 0.3 is 16.4 Å². The van der Waals surface area contributed by atoms with Gasteiger partial charge in [0.2, 0.25) is 0 Å². The highest BCUT2D eigenvalue weighted by molar-refractivity contribution is 7.80. The zero-order valence-electron chi connectivity index (χ0n) is 49.7. The summed E-state index contributed by atoms with van der Waals surface area (Å²) in [5.74, 6) is -2.55. The normalized spacial score (nSPS) is 19.1. The van der Waals surface area contributed by atoms with Gasteiger partial charge in [0.05, 0.1) is 80.4 Å². The van der Waals surface area contributed by atoms with Crippen LogP contribution in [0.15, 0.2) is 157 Å². The third-order valence-electron chi connectivity index (χ3n) is 13.2. The molecule has 0 aliphatic heterocycles. The SMILES string of the molecule is COC(=O)/C(C)=C/C=C/C=C/CC/C=C/C(C)C(O)C(C)C(O)/C=C/C=C/C=C/C=C/C=C/C=C/CCC(OS(=O)(=O)O)C(C)C(=O)CC(O)CC(O)/C=C/CC(O)CC(O)/C=C/CC(O)CC(O)CC(O)/C=C/CC(O)CC(O)CCCN. The number of hydrogen-bond acceptors (Lipinski definition) is 18. The van der Waals surface area contributed by atoms with Gasteiger partial charge in [-0.15, -0.1) is 0 Å². The number of hydrogen-bond donors (Lipinski definition) is 13. The molecule has 0 rings (SSSR count). The molecule has 0 aromatic rings. The van der Waals surface area contributed by atoms with Gasteiger partial charge in [0.25, 0.3) is 0 Å². The molecule has 84 heavy (non-hydrogen) atoms. The van der Waals surface area contributed by atoms with Crippen LogP contribution in [0.4, 0.5) is 0 Å². The highest BCUT2D eigenvalue weighted by Gasteiger charge is 2.30. The maximum atomic E-state index is 13.1. The molecule has 0 fully saturated rings. The maximum Gasteiger partial charge on any atom is 0.397 e. The van der Waals surface area contributed by atoms with E-state index in [1.54, 1.807) is 105 Å². The maximum absolute atomic E-state index is 13.1. The van der Waals surface area contributed by atoms with Gasteiger partial charge in [-0.2, -0.15) is 8.42 Å². The van der Waals surface area contributed by atoms with Gasteiger partial charge in [0.15, 0.2) is 0 Å². The van der Waals surface area contributed by atoms with Crippen molar-refractivity contribution in [3.05, 3.63) is 157 Å². The topological polar surface area (TPSA) is 356 Å². The fraction of sp³-hybridized carbons (Fsp3) is 0.562. The monoisotopic (exact) mass is 1200 g/mol. The summed E-state index contributed by atoms with van der Waals surface area (Å²) in [5.41, 5.74) is 5.94. The molecule has 20 heteroatoms. The molecule has 15 atom stereocenters. The molecule has 0 aromatic carbocycles. The van der Waals surface area contributed by atoms with E-state index in [0.29, 0.717) is 25.0 Å². The number of ether oxygens (including phenoxy) is 1. The number of carbonyl (C=O) groups is 2. The van der Waals surface area contributed by atoms with Crippen molar-refractivity contribution in [2.45, 2.75) is 197 Å². The molecule has 0 radical (unpaired) electrons. The number of esters is 1. The number of nitrogens with two attached hydrogens (primary N) is 1. The van der Waals surface area contributed by atoms with Gasteiger partial charge in [-0.05, 0) is 84.1 Å². The first-order chi connectivity index (χ1) is 39.8. The van der Waals surface area contributed by atoms with Crippen LogP contribution < -0.4 is 5.73 Å². The van der Waals surface area contributed by atoms with E-state index < -0.39 is 108 Å². The summed E-state index contributed by atoms with van der Waals surface area (Å²) < 4.78 is 42.1. The molecule has 0 heterocycles. The van der Waals surface area contributed by atoms with E-state index in [1.807, 2.05) is 37.3 Å². The van der Waals surface area contributed by atoms with Crippen LogP contribution in [0.2, 0.25) is 0 Å². The summed E-state index contributed by atoms with van der Waals surface area (Å²) >= 11 is 0. The average Bonchev–Trinajstić information content (AvgIpc) is 3.48. The predicted octanol–water partition coefficient (Wildman–Crippen LogP) is 6.23. The fourth-order valence-corrected chi connectivity index (χ4v) is 8.82. The molecule has 0 bridgehead atoms. The molecule has 0 aromatic heterocycles. The summed E-state index contributed by atoms with van der Waals surface area (Å²) in [5, 5.41) is 114. The van der Waals surface area contributed by atoms with E-state index >= 15 is 0 Å². The van der Waals surface area contributed by atoms with Crippen molar-refractivity contribution in [3.63, 3.8) is 0 Å². The Morgan fingerprint density at radius 3 is 1.49 bits per heavy atom. The first kappa shape index (κ1) is 79.2. The summed E-state index contributed by atoms with van der Waals surface area (Å²) in [6.07, 6.45) is 33.4. The number of ketones is 1. The summed E-state index contributed by atoms with van der Waals surface area (Å²) in [7, 11) is -3.59. The lowest BCUT2D eigenvalue weighted by Gasteiger charge is -2.25. The quantitative estimate of drug-likeness (QED) is 0.00802. The molecule has 0 aliphatic carbocycles. The van der Waals surface area contributed by atoms with Crippen LogP contribution in [0.3, 0.4) is 0 Å². The van der Waals surface area contributed by atoms with Crippen molar-refractivity contribution in [2.24, 2.45) is 23.5 Å². The Morgan fingerprint density at radius 2 is 0.964 bits per heavy atom. The van der Waals surface area contributed by atoms with E-state index in [2.05, 4.69) is 4.74 Å². The fourth-order valence-electron chi connectivity index (χ4n) is 8.25. The average molecular weight is 1200 g/mol. The van der Waals surface area contributed by atoms with Crippen molar-refractivity contribution in [3.8, 4) is 0 Å². The molecule has 0 spiro atoms. The Labute approximate surface area is 499 Å².